The fourth-order valence-corrected chi connectivity index (χ4v) is 0.743. The van der Waals surface area contributed by atoms with Crippen molar-refractivity contribution in [1.82, 2.24) is 5.32 Å². The Balaban J connectivity index is 3.61. The van der Waals surface area contributed by atoms with Gasteiger partial charge in [0.25, 0.3) is 0 Å². The number of amides is 1. The van der Waals surface area contributed by atoms with Gasteiger partial charge in [0.05, 0.1) is 13.2 Å². The van der Waals surface area contributed by atoms with Gasteiger partial charge in [0, 0.05) is 6.04 Å². The Bertz CT molecular complexity index is 126. The summed E-state index contributed by atoms with van der Waals surface area (Å²) in [6.45, 7) is 4.10. The van der Waals surface area contributed by atoms with Crippen molar-refractivity contribution in [2.45, 2.75) is 19.9 Å². The summed E-state index contributed by atoms with van der Waals surface area (Å²) in [5.74, 6) is -0.0940. The molecule has 66 valence electrons. The van der Waals surface area contributed by atoms with Gasteiger partial charge in [-0.25, -0.2) is 0 Å². The number of carbonyl (C=O) groups excluding carboxylic acids is 1. The Hall–Kier alpha value is -0.610. The Morgan fingerprint density at radius 1 is 1.64 bits per heavy atom. The first-order valence-electron chi connectivity index (χ1n) is 3.70. The fourth-order valence-electron chi connectivity index (χ4n) is 0.743. The first-order valence-corrected chi connectivity index (χ1v) is 3.70. The minimum absolute atomic E-state index is 0.0327. The molecular weight excluding hydrogens is 144 g/mol. The third kappa shape index (κ3) is 4.75. The van der Waals surface area contributed by atoms with Crippen LogP contribution in [0.1, 0.15) is 13.8 Å². The van der Waals surface area contributed by atoms with Gasteiger partial charge in [0.2, 0.25) is 5.91 Å². The molecule has 0 fully saturated rings. The first-order chi connectivity index (χ1) is 5.07. The molecule has 0 unspecified atom stereocenters. The molecule has 0 spiro atoms. The van der Waals surface area contributed by atoms with Gasteiger partial charge >= 0.3 is 0 Å². The maximum Gasteiger partial charge on any atom is 0.231 e. The molecule has 0 aliphatic heterocycles. The standard InChI is InChI=1S/C7H16N2O2/c1-5(2)6(4-10)9-3-7(8)11/h5-6,9-10H,3-4H2,1-2H3,(H2,8,11)/t6-/m1/s1. The van der Waals surface area contributed by atoms with Crippen LogP contribution in [-0.2, 0) is 4.79 Å². The van der Waals surface area contributed by atoms with Crippen molar-refractivity contribution in [3.05, 3.63) is 0 Å². The predicted molar refractivity (Wildman–Crippen MR) is 42.9 cm³/mol. The number of nitrogens with one attached hydrogen (secondary N) is 1. The molecule has 0 aromatic rings. The second-order valence-electron chi connectivity index (χ2n) is 2.88. The van der Waals surface area contributed by atoms with E-state index in [0.29, 0.717) is 5.92 Å². The molecule has 0 aromatic carbocycles. The largest absolute Gasteiger partial charge is 0.395 e. The highest BCUT2D eigenvalue weighted by Crippen LogP contribution is 1.98. The number of aliphatic hydroxyl groups is 1. The fraction of sp³-hybridized carbons (Fsp3) is 0.857. The monoisotopic (exact) mass is 160 g/mol. The maximum atomic E-state index is 10.3. The summed E-state index contributed by atoms with van der Waals surface area (Å²) in [6, 6.07) is -0.0394. The van der Waals surface area contributed by atoms with E-state index in [4.69, 9.17) is 10.8 Å². The van der Waals surface area contributed by atoms with Crippen LogP contribution in [0.3, 0.4) is 0 Å². The third-order valence-corrected chi connectivity index (χ3v) is 1.54. The van der Waals surface area contributed by atoms with Crippen LogP contribution in [0.15, 0.2) is 0 Å². The number of aliphatic hydroxyl groups excluding tert-OH is 1. The zero-order valence-electron chi connectivity index (χ0n) is 7.00. The quantitative estimate of drug-likeness (QED) is 0.487. The van der Waals surface area contributed by atoms with Crippen molar-refractivity contribution in [3.63, 3.8) is 0 Å². The summed E-state index contributed by atoms with van der Waals surface area (Å²) in [6.07, 6.45) is 0. The Morgan fingerprint density at radius 2 is 2.18 bits per heavy atom. The van der Waals surface area contributed by atoms with Crippen LogP contribution < -0.4 is 11.1 Å². The first kappa shape index (κ1) is 10.4. The van der Waals surface area contributed by atoms with Gasteiger partial charge in [-0.1, -0.05) is 13.8 Å². The number of carbonyl (C=O) groups is 1. The van der Waals surface area contributed by atoms with Crippen LogP contribution in [0, 0.1) is 5.92 Å². The van der Waals surface area contributed by atoms with Gasteiger partial charge in [0.15, 0.2) is 0 Å². The number of primary amides is 1. The van der Waals surface area contributed by atoms with Crippen LogP contribution in [0.5, 0.6) is 0 Å². The molecule has 4 heteroatoms. The minimum atomic E-state index is -0.399. The molecule has 0 saturated carbocycles. The zero-order chi connectivity index (χ0) is 8.85. The molecule has 0 radical (unpaired) electrons. The summed E-state index contributed by atoms with van der Waals surface area (Å²) in [4.78, 5) is 10.3. The van der Waals surface area contributed by atoms with E-state index in [0.717, 1.165) is 0 Å². The lowest BCUT2D eigenvalue weighted by atomic mass is 10.1. The number of hydrogen-bond donors (Lipinski definition) is 3. The van der Waals surface area contributed by atoms with Crippen molar-refractivity contribution in [2.75, 3.05) is 13.2 Å². The molecule has 1 atom stereocenters. The summed E-state index contributed by atoms with van der Waals surface area (Å²) < 4.78 is 0. The molecule has 0 heterocycles. The van der Waals surface area contributed by atoms with E-state index in [9.17, 15) is 4.79 Å². The summed E-state index contributed by atoms with van der Waals surface area (Å²) in [5, 5.41) is 11.6. The Labute approximate surface area is 66.8 Å². The molecule has 0 saturated heterocycles. The molecule has 0 bridgehead atoms. The van der Waals surface area contributed by atoms with Crippen LogP contribution in [-0.4, -0.2) is 30.2 Å². The topological polar surface area (TPSA) is 75.3 Å². The molecule has 11 heavy (non-hydrogen) atoms. The van der Waals surface area contributed by atoms with E-state index < -0.39 is 5.91 Å². The third-order valence-electron chi connectivity index (χ3n) is 1.54. The van der Waals surface area contributed by atoms with Crippen LogP contribution in [0.2, 0.25) is 0 Å². The van der Waals surface area contributed by atoms with Crippen molar-refractivity contribution < 1.29 is 9.90 Å². The van der Waals surface area contributed by atoms with Crippen molar-refractivity contribution in [1.29, 1.82) is 0 Å². The molecular formula is C7H16N2O2. The number of nitrogens with two attached hydrogens (primary N) is 1. The minimum Gasteiger partial charge on any atom is -0.395 e. The zero-order valence-corrected chi connectivity index (χ0v) is 7.00. The van der Waals surface area contributed by atoms with E-state index in [1.807, 2.05) is 13.8 Å². The average molecular weight is 160 g/mol. The molecule has 1 amide bonds. The lowest BCUT2D eigenvalue weighted by Gasteiger charge is -2.18. The van der Waals surface area contributed by atoms with Crippen molar-refractivity contribution >= 4 is 5.91 Å². The second-order valence-corrected chi connectivity index (χ2v) is 2.88. The van der Waals surface area contributed by atoms with Gasteiger partial charge in [0.1, 0.15) is 0 Å². The molecule has 0 aliphatic carbocycles. The molecule has 0 aliphatic rings. The Morgan fingerprint density at radius 3 is 2.45 bits per heavy atom. The van der Waals surface area contributed by atoms with Crippen molar-refractivity contribution in [2.24, 2.45) is 11.7 Å². The number of rotatable bonds is 5. The summed E-state index contributed by atoms with van der Waals surface area (Å²) in [7, 11) is 0. The molecule has 0 rings (SSSR count). The van der Waals surface area contributed by atoms with Crippen LogP contribution in [0.4, 0.5) is 0 Å². The highest BCUT2D eigenvalue weighted by atomic mass is 16.3. The van der Waals surface area contributed by atoms with Crippen molar-refractivity contribution in [3.8, 4) is 0 Å². The molecule has 4 nitrogen and oxygen atoms in total. The smallest absolute Gasteiger partial charge is 0.231 e. The highest BCUT2D eigenvalue weighted by molar-refractivity contribution is 5.75. The SMILES string of the molecule is CC(C)[C@@H](CO)NCC(N)=O. The lowest BCUT2D eigenvalue weighted by molar-refractivity contribution is -0.117. The van der Waals surface area contributed by atoms with Gasteiger partial charge in [-0.2, -0.15) is 0 Å². The maximum absolute atomic E-state index is 10.3. The van der Waals surface area contributed by atoms with Gasteiger partial charge in [-0.3, -0.25) is 4.79 Å². The Kier molecular flexibility index (Phi) is 4.81. The lowest BCUT2D eigenvalue weighted by Crippen LogP contribution is -2.41. The summed E-state index contributed by atoms with van der Waals surface area (Å²) >= 11 is 0. The van der Waals surface area contributed by atoms with E-state index >= 15 is 0 Å². The van der Waals surface area contributed by atoms with Crippen LogP contribution in [0.25, 0.3) is 0 Å². The summed E-state index contributed by atoms with van der Waals surface area (Å²) in [5.41, 5.74) is 4.91. The van der Waals surface area contributed by atoms with Gasteiger partial charge < -0.3 is 16.2 Å². The van der Waals surface area contributed by atoms with Gasteiger partial charge in [-0.15, -0.1) is 0 Å². The average Bonchev–Trinajstić information content (AvgIpc) is 1.87. The van der Waals surface area contributed by atoms with E-state index in [1.165, 1.54) is 0 Å². The normalized spacial score (nSPS) is 13.5. The highest BCUT2D eigenvalue weighted by Gasteiger charge is 2.11. The number of hydrogen-bond acceptors (Lipinski definition) is 3. The molecule has 0 aromatic heterocycles. The molecule has 4 N–H and O–H groups in total. The van der Waals surface area contributed by atoms with E-state index in [1.54, 1.807) is 0 Å². The van der Waals surface area contributed by atoms with Gasteiger partial charge in [-0.05, 0) is 5.92 Å². The van der Waals surface area contributed by atoms with E-state index in [2.05, 4.69) is 5.32 Å². The predicted octanol–water partition coefficient (Wildman–Crippen LogP) is -0.922. The van der Waals surface area contributed by atoms with E-state index in [-0.39, 0.29) is 19.2 Å². The van der Waals surface area contributed by atoms with Crippen LogP contribution >= 0.6 is 0 Å². The second kappa shape index (κ2) is 5.09.